The van der Waals surface area contributed by atoms with Crippen LogP contribution in [0.4, 0.5) is 0 Å². The fraction of sp³-hybridized carbons (Fsp3) is 0.818. The van der Waals surface area contributed by atoms with Crippen LogP contribution in [0, 0.1) is 0 Å². The van der Waals surface area contributed by atoms with Crippen LogP contribution >= 0.6 is 0 Å². The van der Waals surface area contributed by atoms with E-state index in [1.807, 2.05) is 0 Å². The van der Waals surface area contributed by atoms with E-state index in [0.717, 1.165) is 0 Å². The van der Waals surface area contributed by atoms with E-state index in [1.54, 1.807) is 26.5 Å². The summed E-state index contributed by atoms with van der Waals surface area (Å²) in [5.74, 6) is -4.53. The Labute approximate surface area is 229 Å². The molecule has 1 fully saturated rings. The average Bonchev–Trinajstić information content (AvgIpc) is 2.85. The van der Waals surface area contributed by atoms with E-state index < -0.39 is 57.0 Å². The molecule has 0 bridgehead atoms. The zero-order chi connectivity index (χ0) is 29.8. The maximum absolute atomic E-state index is 12.1. The van der Waals surface area contributed by atoms with Crippen molar-refractivity contribution in [2.24, 2.45) is 5.73 Å². The molecular weight excluding hydrogens is 538 g/mol. The Balaban J connectivity index is 3.87. The van der Waals surface area contributed by atoms with Gasteiger partial charge in [0.25, 0.3) is 0 Å². The van der Waals surface area contributed by atoms with E-state index >= 15 is 0 Å². The van der Waals surface area contributed by atoms with Gasteiger partial charge in [0, 0.05) is 73.2 Å². The molecule has 16 nitrogen and oxygen atoms in total. The van der Waals surface area contributed by atoms with Crippen molar-refractivity contribution in [1.29, 1.82) is 0 Å². The summed E-state index contributed by atoms with van der Waals surface area (Å²) in [4.78, 5) is 53.4. The number of aliphatic carboxylic acids is 4. The first-order chi connectivity index (χ1) is 18.3. The molecule has 0 spiro atoms. The zero-order valence-electron chi connectivity index (χ0n) is 23.1. The second-order valence-corrected chi connectivity index (χ2v) is 12.6. The number of carboxylic acids is 4. The van der Waals surface area contributed by atoms with Crippen molar-refractivity contribution in [2.75, 3.05) is 93.3 Å². The third-order valence-corrected chi connectivity index (χ3v) is 10.5. The molecule has 17 heteroatoms. The van der Waals surface area contributed by atoms with E-state index in [4.69, 9.17) is 19.0 Å². The highest BCUT2D eigenvalue weighted by atomic mass is 28.4. The molecule has 0 aromatic heterocycles. The van der Waals surface area contributed by atoms with E-state index in [-0.39, 0.29) is 58.9 Å². The van der Waals surface area contributed by atoms with Gasteiger partial charge in [-0.2, -0.15) is 0 Å². The van der Waals surface area contributed by atoms with Gasteiger partial charge in [0.1, 0.15) is 5.16 Å². The molecule has 2 atom stereocenters. The molecule has 1 heterocycles. The maximum Gasteiger partial charge on any atom is 0.524 e. The Kier molecular flexibility index (Phi) is 14.4. The molecule has 0 radical (unpaired) electrons. The summed E-state index contributed by atoms with van der Waals surface area (Å²) in [6.07, 6.45) is 0.311. The SMILES string of the molecule is CCC(N)C1([Si](OC)(OC)OC)CN(CC(=O)O)CCN(CC(=O)O)CCN(CC(=O)O)CCN1CC(=O)O. The summed E-state index contributed by atoms with van der Waals surface area (Å²) in [5.41, 5.74) is 6.73. The molecule has 6 N–H and O–H groups in total. The largest absolute Gasteiger partial charge is 0.524 e. The highest BCUT2D eigenvalue weighted by Gasteiger charge is 2.66. The highest BCUT2D eigenvalue weighted by molar-refractivity contribution is 6.64. The topological polar surface area (TPSA) is 216 Å². The molecule has 1 aliphatic rings. The molecule has 0 aliphatic carbocycles. The predicted octanol–water partition coefficient (Wildman–Crippen LogP) is -2.56. The van der Waals surface area contributed by atoms with Gasteiger partial charge in [0.2, 0.25) is 0 Å². The molecule has 1 rings (SSSR count). The second kappa shape index (κ2) is 16.1. The summed E-state index contributed by atoms with van der Waals surface area (Å²) in [6.45, 7) is 0.644. The number of hydrogen-bond donors (Lipinski definition) is 5. The fourth-order valence-corrected chi connectivity index (χ4v) is 8.38. The lowest BCUT2D eigenvalue weighted by Gasteiger charge is -2.54. The van der Waals surface area contributed by atoms with Crippen LogP contribution in [-0.2, 0) is 32.5 Å². The second-order valence-electron chi connectivity index (χ2n) is 9.37. The van der Waals surface area contributed by atoms with Crippen molar-refractivity contribution in [3.63, 3.8) is 0 Å². The minimum atomic E-state index is -3.93. The van der Waals surface area contributed by atoms with Crippen molar-refractivity contribution >= 4 is 32.7 Å². The third kappa shape index (κ3) is 9.43. The standard InChI is InChI=1S/C22H43N5O11Si/c1-5-17(23)22(39(36-2,37-3)38-4)16-26(14-20(32)33)9-8-24(12-18(28)29)6-7-25(13-19(30)31)10-11-27(22)15-21(34)35/h17H,5-16,23H2,1-4H3,(H,28,29)(H,30,31)(H,32,33)(H,34,35). The average molecular weight is 582 g/mol. The first-order valence-corrected chi connectivity index (χ1v) is 14.2. The summed E-state index contributed by atoms with van der Waals surface area (Å²) < 4.78 is 17.6. The first kappa shape index (κ1) is 34.8. The molecule has 226 valence electrons. The molecular formula is C22H43N5O11Si. The molecule has 0 saturated carbocycles. The van der Waals surface area contributed by atoms with Crippen LogP contribution in [0.2, 0.25) is 0 Å². The lowest BCUT2D eigenvalue weighted by molar-refractivity contribution is -0.143. The van der Waals surface area contributed by atoms with Gasteiger partial charge in [-0.05, 0) is 6.42 Å². The van der Waals surface area contributed by atoms with Crippen molar-refractivity contribution in [1.82, 2.24) is 19.6 Å². The summed E-state index contributed by atoms with van der Waals surface area (Å²) in [7, 11) is 0.125. The number of nitrogens with zero attached hydrogens (tertiary/aromatic N) is 4. The van der Waals surface area contributed by atoms with Crippen LogP contribution in [0.25, 0.3) is 0 Å². The summed E-state index contributed by atoms with van der Waals surface area (Å²) in [6, 6.07) is -0.828. The number of rotatable bonds is 14. The van der Waals surface area contributed by atoms with Gasteiger partial charge < -0.3 is 39.4 Å². The molecule has 0 aromatic rings. The molecule has 0 amide bonds. The maximum atomic E-state index is 12.1. The monoisotopic (exact) mass is 581 g/mol. The van der Waals surface area contributed by atoms with E-state index in [1.165, 1.54) is 21.3 Å². The lowest BCUT2D eigenvalue weighted by Crippen LogP contribution is -2.81. The highest BCUT2D eigenvalue weighted by Crippen LogP contribution is 2.35. The molecule has 39 heavy (non-hydrogen) atoms. The van der Waals surface area contributed by atoms with E-state index in [0.29, 0.717) is 6.42 Å². The van der Waals surface area contributed by atoms with Gasteiger partial charge in [-0.25, -0.2) is 0 Å². The van der Waals surface area contributed by atoms with Crippen molar-refractivity contribution in [2.45, 2.75) is 24.5 Å². The Morgan fingerprint density at radius 3 is 1.44 bits per heavy atom. The smallest absolute Gasteiger partial charge is 0.480 e. The van der Waals surface area contributed by atoms with Crippen LogP contribution in [0.5, 0.6) is 0 Å². The Morgan fingerprint density at radius 2 is 1.08 bits per heavy atom. The summed E-state index contributed by atoms with van der Waals surface area (Å²) in [5, 5.41) is 37.0. The van der Waals surface area contributed by atoms with Crippen molar-refractivity contribution < 1.29 is 52.9 Å². The van der Waals surface area contributed by atoms with Crippen molar-refractivity contribution in [3.8, 4) is 0 Å². The minimum absolute atomic E-state index is 0.00203. The van der Waals surface area contributed by atoms with Crippen LogP contribution in [0.1, 0.15) is 13.3 Å². The molecule has 1 aliphatic heterocycles. The van der Waals surface area contributed by atoms with Crippen LogP contribution in [0.3, 0.4) is 0 Å². The van der Waals surface area contributed by atoms with Crippen LogP contribution in [0.15, 0.2) is 0 Å². The van der Waals surface area contributed by atoms with Gasteiger partial charge in [0.05, 0.1) is 26.2 Å². The molecule has 0 aromatic carbocycles. The lowest BCUT2D eigenvalue weighted by atomic mass is 10.0. The Bertz CT molecular complexity index is 826. The predicted molar refractivity (Wildman–Crippen MR) is 139 cm³/mol. The van der Waals surface area contributed by atoms with Gasteiger partial charge in [-0.1, -0.05) is 6.92 Å². The third-order valence-electron chi connectivity index (χ3n) is 6.97. The van der Waals surface area contributed by atoms with E-state index in [9.17, 15) is 39.6 Å². The number of hydrogen-bond acceptors (Lipinski definition) is 12. The van der Waals surface area contributed by atoms with Gasteiger partial charge in [-0.15, -0.1) is 0 Å². The number of nitrogens with two attached hydrogens (primary N) is 1. The van der Waals surface area contributed by atoms with E-state index in [2.05, 4.69) is 0 Å². The zero-order valence-corrected chi connectivity index (χ0v) is 24.1. The summed E-state index contributed by atoms with van der Waals surface area (Å²) >= 11 is 0. The number of carboxylic acid groups (broad SMARTS) is 4. The first-order valence-electron chi connectivity index (χ1n) is 12.5. The van der Waals surface area contributed by atoms with Crippen LogP contribution in [-0.4, -0.2) is 177 Å². The Hall–Kier alpha value is -2.22. The Morgan fingerprint density at radius 1 is 0.718 bits per heavy atom. The van der Waals surface area contributed by atoms with Crippen LogP contribution < -0.4 is 5.73 Å². The van der Waals surface area contributed by atoms with Gasteiger partial charge in [-0.3, -0.25) is 38.8 Å². The molecule has 2 unspecified atom stereocenters. The minimum Gasteiger partial charge on any atom is -0.480 e. The van der Waals surface area contributed by atoms with Gasteiger partial charge in [0.15, 0.2) is 0 Å². The van der Waals surface area contributed by atoms with Crippen molar-refractivity contribution in [3.05, 3.63) is 0 Å². The fourth-order valence-electron chi connectivity index (χ4n) is 5.17. The molecule has 1 saturated heterocycles. The quantitative estimate of drug-likeness (QED) is 0.133. The number of carbonyl (C=O) groups is 4. The normalized spacial score (nSPS) is 22.5. The van der Waals surface area contributed by atoms with Gasteiger partial charge >= 0.3 is 32.7 Å².